The minimum absolute atomic E-state index is 0.474. The van der Waals surface area contributed by atoms with Crippen LogP contribution in [0.15, 0.2) is 0 Å². The van der Waals surface area contributed by atoms with Crippen molar-refractivity contribution in [3.05, 3.63) is 5.01 Å². The highest BCUT2D eigenvalue weighted by Gasteiger charge is 2.16. The molecule has 14 heavy (non-hydrogen) atoms. The Morgan fingerprint density at radius 2 is 2.00 bits per heavy atom. The van der Waals surface area contributed by atoms with E-state index in [1.165, 1.54) is 0 Å². The van der Waals surface area contributed by atoms with Gasteiger partial charge < -0.3 is 9.64 Å². The first kappa shape index (κ1) is 9.86. The molecule has 2 rings (SSSR count). The van der Waals surface area contributed by atoms with Crippen LogP contribution in [0.25, 0.3) is 0 Å². The molecular formula is C9H15N3OS. The van der Waals surface area contributed by atoms with Gasteiger partial charge in [-0.05, 0) is 0 Å². The van der Waals surface area contributed by atoms with Crippen molar-refractivity contribution in [2.45, 2.75) is 19.8 Å². The first-order valence-electron chi connectivity index (χ1n) is 4.93. The summed E-state index contributed by atoms with van der Waals surface area (Å²) in [5, 5.41) is 10.5. The van der Waals surface area contributed by atoms with E-state index in [0.29, 0.717) is 5.92 Å². The van der Waals surface area contributed by atoms with Crippen LogP contribution in [-0.2, 0) is 4.74 Å². The number of aromatic nitrogens is 2. The summed E-state index contributed by atoms with van der Waals surface area (Å²) in [5.41, 5.74) is 0. The number of ether oxygens (including phenoxy) is 1. The van der Waals surface area contributed by atoms with Crippen LogP contribution in [-0.4, -0.2) is 36.5 Å². The van der Waals surface area contributed by atoms with Crippen molar-refractivity contribution >= 4 is 16.5 Å². The summed E-state index contributed by atoms with van der Waals surface area (Å²) in [5.74, 6) is 0.474. The molecule has 1 aliphatic rings. The number of nitrogens with zero attached hydrogens (tertiary/aromatic N) is 3. The fraction of sp³-hybridized carbons (Fsp3) is 0.778. The van der Waals surface area contributed by atoms with Gasteiger partial charge in [0.1, 0.15) is 5.01 Å². The van der Waals surface area contributed by atoms with Crippen LogP contribution in [0.3, 0.4) is 0 Å². The maximum absolute atomic E-state index is 5.29. The number of morpholine rings is 1. The Morgan fingerprint density at radius 3 is 2.57 bits per heavy atom. The zero-order chi connectivity index (χ0) is 9.97. The van der Waals surface area contributed by atoms with Gasteiger partial charge in [-0.15, -0.1) is 10.2 Å². The Bertz CT molecular complexity index is 294. The zero-order valence-electron chi connectivity index (χ0n) is 8.56. The molecule has 0 unspecified atom stereocenters. The summed E-state index contributed by atoms with van der Waals surface area (Å²) in [4.78, 5) is 2.24. The number of rotatable bonds is 2. The number of anilines is 1. The van der Waals surface area contributed by atoms with Crippen LogP contribution < -0.4 is 4.90 Å². The van der Waals surface area contributed by atoms with Crippen LogP contribution in [0.4, 0.5) is 5.13 Å². The molecule has 2 heterocycles. The van der Waals surface area contributed by atoms with Gasteiger partial charge in [0.15, 0.2) is 0 Å². The van der Waals surface area contributed by atoms with Gasteiger partial charge in [0, 0.05) is 19.0 Å². The Morgan fingerprint density at radius 1 is 1.29 bits per heavy atom. The van der Waals surface area contributed by atoms with Crippen molar-refractivity contribution < 1.29 is 4.74 Å². The van der Waals surface area contributed by atoms with Crippen molar-refractivity contribution in [1.29, 1.82) is 0 Å². The van der Waals surface area contributed by atoms with Crippen molar-refractivity contribution in [2.24, 2.45) is 0 Å². The highest BCUT2D eigenvalue weighted by molar-refractivity contribution is 7.15. The van der Waals surface area contributed by atoms with E-state index in [9.17, 15) is 0 Å². The maximum Gasteiger partial charge on any atom is 0.208 e. The van der Waals surface area contributed by atoms with E-state index in [2.05, 4.69) is 28.9 Å². The van der Waals surface area contributed by atoms with E-state index in [4.69, 9.17) is 4.74 Å². The average Bonchev–Trinajstić information content (AvgIpc) is 2.68. The molecule has 0 aliphatic carbocycles. The molecule has 0 N–H and O–H groups in total. The molecule has 1 aromatic rings. The molecule has 0 amide bonds. The summed E-state index contributed by atoms with van der Waals surface area (Å²) < 4.78 is 5.29. The summed E-state index contributed by atoms with van der Waals surface area (Å²) in [7, 11) is 0. The van der Waals surface area contributed by atoms with Crippen LogP contribution in [0.2, 0.25) is 0 Å². The Labute approximate surface area is 87.9 Å². The predicted octanol–water partition coefficient (Wildman–Crippen LogP) is 1.50. The molecule has 0 radical (unpaired) electrons. The molecular weight excluding hydrogens is 198 g/mol. The Kier molecular flexibility index (Phi) is 2.98. The molecule has 5 heteroatoms. The fourth-order valence-electron chi connectivity index (χ4n) is 1.34. The molecule has 1 fully saturated rings. The van der Waals surface area contributed by atoms with Gasteiger partial charge in [-0.2, -0.15) is 0 Å². The zero-order valence-corrected chi connectivity index (χ0v) is 9.38. The monoisotopic (exact) mass is 213 g/mol. The molecule has 1 aromatic heterocycles. The first-order valence-corrected chi connectivity index (χ1v) is 5.75. The molecule has 0 saturated carbocycles. The normalized spacial score (nSPS) is 17.8. The minimum atomic E-state index is 0.474. The molecule has 4 nitrogen and oxygen atoms in total. The summed E-state index contributed by atoms with van der Waals surface area (Å²) in [6.07, 6.45) is 0. The lowest BCUT2D eigenvalue weighted by atomic mass is 10.2. The van der Waals surface area contributed by atoms with Crippen molar-refractivity contribution in [1.82, 2.24) is 10.2 Å². The van der Waals surface area contributed by atoms with Gasteiger partial charge in [0.05, 0.1) is 13.2 Å². The topological polar surface area (TPSA) is 38.2 Å². The second-order valence-corrected chi connectivity index (χ2v) is 4.66. The van der Waals surface area contributed by atoms with Gasteiger partial charge in [-0.3, -0.25) is 0 Å². The van der Waals surface area contributed by atoms with Gasteiger partial charge >= 0.3 is 0 Å². The molecule has 78 valence electrons. The predicted molar refractivity (Wildman–Crippen MR) is 57.0 cm³/mol. The number of hydrogen-bond donors (Lipinski definition) is 0. The molecule has 0 spiro atoms. The van der Waals surface area contributed by atoms with E-state index in [0.717, 1.165) is 36.4 Å². The molecule has 1 saturated heterocycles. The van der Waals surface area contributed by atoms with Gasteiger partial charge in [0.25, 0.3) is 0 Å². The van der Waals surface area contributed by atoms with E-state index >= 15 is 0 Å². The summed E-state index contributed by atoms with van der Waals surface area (Å²) in [6, 6.07) is 0. The van der Waals surface area contributed by atoms with Gasteiger partial charge in [-0.1, -0.05) is 25.2 Å². The summed E-state index contributed by atoms with van der Waals surface area (Å²) >= 11 is 1.70. The van der Waals surface area contributed by atoms with E-state index in [-0.39, 0.29) is 0 Å². The third-order valence-corrected chi connectivity index (χ3v) is 3.49. The van der Waals surface area contributed by atoms with E-state index in [1.54, 1.807) is 11.3 Å². The van der Waals surface area contributed by atoms with Crippen LogP contribution in [0, 0.1) is 0 Å². The van der Waals surface area contributed by atoms with Crippen molar-refractivity contribution in [2.75, 3.05) is 31.2 Å². The molecule has 0 aromatic carbocycles. The van der Waals surface area contributed by atoms with E-state index in [1.807, 2.05) is 0 Å². The lowest BCUT2D eigenvalue weighted by Crippen LogP contribution is -2.36. The van der Waals surface area contributed by atoms with Crippen LogP contribution in [0.1, 0.15) is 24.8 Å². The molecule has 0 bridgehead atoms. The lowest BCUT2D eigenvalue weighted by Gasteiger charge is -2.25. The third-order valence-electron chi connectivity index (χ3n) is 2.21. The molecule has 0 atom stereocenters. The first-order chi connectivity index (χ1) is 6.77. The second-order valence-electron chi connectivity index (χ2n) is 3.68. The van der Waals surface area contributed by atoms with E-state index < -0.39 is 0 Å². The highest BCUT2D eigenvalue weighted by Crippen LogP contribution is 2.25. The van der Waals surface area contributed by atoms with Gasteiger partial charge in [0.2, 0.25) is 5.13 Å². The Balaban J connectivity index is 2.07. The Hall–Kier alpha value is -0.680. The third kappa shape index (κ3) is 2.04. The SMILES string of the molecule is CC(C)c1nnc(N2CCOCC2)s1. The quantitative estimate of drug-likeness (QED) is 0.746. The second kappa shape index (κ2) is 4.23. The van der Waals surface area contributed by atoms with Crippen molar-refractivity contribution in [3.63, 3.8) is 0 Å². The average molecular weight is 213 g/mol. The number of hydrogen-bond acceptors (Lipinski definition) is 5. The fourth-order valence-corrected chi connectivity index (χ4v) is 2.24. The lowest BCUT2D eigenvalue weighted by molar-refractivity contribution is 0.122. The van der Waals surface area contributed by atoms with Gasteiger partial charge in [-0.25, -0.2) is 0 Å². The van der Waals surface area contributed by atoms with Crippen molar-refractivity contribution in [3.8, 4) is 0 Å². The minimum Gasteiger partial charge on any atom is -0.378 e. The molecule has 1 aliphatic heterocycles. The van der Waals surface area contributed by atoms with Crippen LogP contribution in [0.5, 0.6) is 0 Å². The maximum atomic E-state index is 5.29. The van der Waals surface area contributed by atoms with Crippen LogP contribution >= 0.6 is 11.3 Å². The standard InChI is InChI=1S/C9H15N3OS/c1-7(2)8-10-11-9(14-8)12-3-5-13-6-4-12/h7H,3-6H2,1-2H3. The largest absolute Gasteiger partial charge is 0.378 e. The highest BCUT2D eigenvalue weighted by atomic mass is 32.1. The smallest absolute Gasteiger partial charge is 0.208 e. The summed E-state index contributed by atoms with van der Waals surface area (Å²) in [6.45, 7) is 7.76.